The van der Waals surface area contributed by atoms with E-state index < -0.39 is 5.54 Å². The molecular formula is C29H46N4O3. The summed E-state index contributed by atoms with van der Waals surface area (Å²) >= 11 is 0. The Balaban J connectivity index is 1.55. The van der Waals surface area contributed by atoms with E-state index in [4.69, 9.17) is 4.42 Å². The molecule has 0 bridgehead atoms. The predicted octanol–water partition coefficient (Wildman–Crippen LogP) is 5.29. The zero-order valence-electron chi connectivity index (χ0n) is 23.0. The zero-order valence-corrected chi connectivity index (χ0v) is 23.0. The lowest BCUT2D eigenvalue weighted by atomic mass is 9.93. The number of carbonyl (C=O) groups is 2. The third-order valence-electron chi connectivity index (χ3n) is 7.83. The summed E-state index contributed by atoms with van der Waals surface area (Å²) in [4.78, 5) is 32.1. The van der Waals surface area contributed by atoms with Gasteiger partial charge in [-0.2, -0.15) is 0 Å². The number of aromatic nitrogens is 1. The minimum Gasteiger partial charge on any atom is -0.463 e. The van der Waals surface area contributed by atoms with Gasteiger partial charge in [-0.15, -0.1) is 0 Å². The molecule has 0 unspecified atom stereocenters. The van der Waals surface area contributed by atoms with Crippen LogP contribution in [0.5, 0.6) is 0 Å². The molecule has 7 heteroatoms. The molecule has 1 fully saturated rings. The Morgan fingerprint density at radius 2 is 1.81 bits per heavy atom. The van der Waals surface area contributed by atoms with E-state index in [2.05, 4.69) is 37.9 Å². The number of nitrogens with one attached hydrogen (secondary N) is 1. The van der Waals surface area contributed by atoms with Crippen LogP contribution in [0.15, 0.2) is 22.8 Å². The standard InChI is InChI=1S/C29H46N4O3/c1-21(2)18-31(19-22(3)4)14-10-15-33-27(34)25-17-26-24(13-16-36-26)32(25)20-29(33,5)28(35)30-23-11-8-6-7-9-12-23/h13,16-17,21-23H,6-12,14-15,18-20H2,1-5H3,(H,30,35)/t29-/m1/s1. The van der Waals surface area contributed by atoms with Crippen LogP contribution in [0.3, 0.4) is 0 Å². The third kappa shape index (κ3) is 5.82. The van der Waals surface area contributed by atoms with Crippen LogP contribution in [-0.2, 0) is 11.3 Å². The van der Waals surface area contributed by atoms with E-state index in [0.717, 1.165) is 57.3 Å². The number of rotatable bonds is 10. The lowest BCUT2D eigenvalue weighted by Gasteiger charge is -2.45. The maximum Gasteiger partial charge on any atom is 0.271 e. The Kier molecular flexibility index (Phi) is 8.48. The second-order valence-corrected chi connectivity index (χ2v) is 12.1. The molecule has 2 aromatic heterocycles. The van der Waals surface area contributed by atoms with Crippen molar-refractivity contribution < 1.29 is 14.0 Å². The Morgan fingerprint density at radius 1 is 1.14 bits per heavy atom. The maximum absolute atomic E-state index is 13.9. The minimum absolute atomic E-state index is 0.0278. The summed E-state index contributed by atoms with van der Waals surface area (Å²) in [5.41, 5.74) is 1.25. The van der Waals surface area contributed by atoms with Crippen molar-refractivity contribution in [1.29, 1.82) is 0 Å². The molecule has 1 N–H and O–H groups in total. The molecule has 0 aromatic carbocycles. The van der Waals surface area contributed by atoms with Crippen molar-refractivity contribution in [3.8, 4) is 0 Å². The van der Waals surface area contributed by atoms with Crippen molar-refractivity contribution in [2.24, 2.45) is 11.8 Å². The van der Waals surface area contributed by atoms with E-state index in [1.54, 1.807) is 6.26 Å². The fourth-order valence-corrected chi connectivity index (χ4v) is 6.13. The van der Waals surface area contributed by atoms with Crippen LogP contribution in [-0.4, -0.2) is 63.9 Å². The van der Waals surface area contributed by atoms with Gasteiger partial charge in [-0.25, -0.2) is 0 Å². The van der Waals surface area contributed by atoms with Gasteiger partial charge in [0.25, 0.3) is 5.91 Å². The van der Waals surface area contributed by atoms with Crippen LogP contribution in [0.25, 0.3) is 11.1 Å². The number of amides is 2. The van der Waals surface area contributed by atoms with E-state index in [0.29, 0.717) is 36.2 Å². The van der Waals surface area contributed by atoms with Crippen LogP contribution >= 0.6 is 0 Å². The molecule has 1 atom stereocenters. The first-order valence-corrected chi connectivity index (χ1v) is 14.1. The molecule has 36 heavy (non-hydrogen) atoms. The normalized spacial score (nSPS) is 21.6. The molecule has 2 aliphatic rings. The summed E-state index contributed by atoms with van der Waals surface area (Å²) in [6, 6.07) is 3.92. The first-order chi connectivity index (χ1) is 17.2. The fourth-order valence-electron chi connectivity index (χ4n) is 6.13. The van der Waals surface area contributed by atoms with Gasteiger partial charge in [-0.3, -0.25) is 9.59 Å². The number of fused-ring (bicyclic) bond motifs is 3. The summed E-state index contributed by atoms with van der Waals surface area (Å²) < 4.78 is 7.59. The van der Waals surface area contributed by atoms with E-state index >= 15 is 0 Å². The van der Waals surface area contributed by atoms with Crippen LogP contribution < -0.4 is 5.32 Å². The lowest BCUT2D eigenvalue weighted by molar-refractivity contribution is -0.133. The zero-order chi connectivity index (χ0) is 25.9. The van der Waals surface area contributed by atoms with Gasteiger partial charge in [0.2, 0.25) is 5.91 Å². The smallest absolute Gasteiger partial charge is 0.271 e. The number of furan rings is 1. The highest BCUT2D eigenvalue weighted by Crippen LogP contribution is 2.33. The van der Waals surface area contributed by atoms with Gasteiger partial charge >= 0.3 is 0 Å². The summed E-state index contributed by atoms with van der Waals surface area (Å²) in [5, 5.41) is 3.36. The fraction of sp³-hybridized carbons (Fsp3) is 0.724. The number of carbonyl (C=O) groups excluding carboxylic acids is 2. The minimum atomic E-state index is -0.944. The topological polar surface area (TPSA) is 70.7 Å². The van der Waals surface area contributed by atoms with Crippen LogP contribution in [0.1, 0.15) is 90.1 Å². The van der Waals surface area contributed by atoms with E-state index in [9.17, 15) is 9.59 Å². The van der Waals surface area contributed by atoms with Gasteiger partial charge in [-0.05, 0) is 44.6 Å². The highest BCUT2D eigenvalue weighted by atomic mass is 16.3. The van der Waals surface area contributed by atoms with Crippen LogP contribution in [0.4, 0.5) is 0 Å². The molecule has 1 aliphatic carbocycles. The molecule has 1 saturated carbocycles. The van der Waals surface area contributed by atoms with Gasteiger partial charge < -0.3 is 24.1 Å². The van der Waals surface area contributed by atoms with Gasteiger partial charge in [0, 0.05) is 37.8 Å². The van der Waals surface area contributed by atoms with Gasteiger partial charge in [0.1, 0.15) is 11.2 Å². The first-order valence-electron chi connectivity index (χ1n) is 14.1. The van der Waals surface area contributed by atoms with Gasteiger partial charge in [0.15, 0.2) is 5.58 Å². The lowest BCUT2D eigenvalue weighted by Crippen LogP contribution is -2.65. The van der Waals surface area contributed by atoms with Gasteiger partial charge in [-0.1, -0.05) is 53.4 Å². The summed E-state index contributed by atoms with van der Waals surface area (Å²) in [6.07, 6.45) is 9.33. The first kappa shape index (κ1) is 26.8. The summed E-state index contributed by atoms with van der Waals surface area (Å²) in [6.45, 7) is 15.0. The van der Waals surface area contributed by atoms with Gasteiger partial charge in [0.05, 0.1) is 18.3 Å². The summed E-state index contributed by atoms with van der Waals surface area (Å²) in [5.74, 6) is 1.08. The maximum atomic E-state index is 13.9. The number of nitrogens with zero attached hydrogens (tertiary/aromatic N) is 3. The highest BCUT2D eigenvalue weighted by molar-refractivity contribution is 6.02. The predicted molar refractivity (Wildman–Crippen MR) is 144 cm³/mol. The average molecular weight is 499 g/mol. The van der Waals surface area contributed by atoms with Crippen molar-refractivity contribution >= 4 is 22.9 Å². The molecule has 200 valence electrons. The molecular weight excluding hydrogens is 452 g/mol. The second kappa shape index (κ2) is 11.4. The van der Waals surface area contributed by atoms with Crippen molar-refractivity contribution in [1.82, 2.24) is 19.7 Å². The molecule has 4 rings (SSSR count). The SMILES string of the molecule is CC(C)CN(CCCN1C(=O)c2cc3occc3n2C[C@]1(C)C(=O)NC1CCCCCC1)CC(C)C. The Morgan fingerprint density at radius 3 is 2.44 bits per heavy atom. The van der Waals surface area contributed by atoms with Crippen molar-refractivity contribution in [3.63, 3.8) is 0 Å². The Labute approximate surface area is 216 Å². The third-order valence-corrected chi connectivity index (χ3v) is 7.83. The summed E-state index contributed by atoms with van der Waals surface area (Å²) in [7, 11) is 0. The largest absolute Gasteiger partial charge is 0.463 e. The van der Waals surface area contributed by atoms with Crippen LogP contribution in [0, 0.1) is 11.8 Å². The molecule has 2 amide bonds. The highest BCUT2D eigenvalue weighted by Gasteiger charge is 2.48. The molecule has 0 radical (unpaired) electrons. The Hall–Kier alpha value is -2.28. The van der Waals surface area contributed by atoms with Crippen molar-refractivity contribution in [2.45, 2.75) is 97.7 Å². The van der Waals surface area contributed by atoms with Crippen molar-refractivity contribution in [3.05, 3.63) is 24.1 Å². The van der Waals surface area contributed by atoms with E-state index in [1.807, 2.05) is 28.5 Å². The molecule has 3 heterocycles. The van der Waals surface area contributed by atoms with E-state index in [-0.39, 0.29) is 17.9 Å². The average Bonchev–Trinajstić information content (AvgIpc) is 3.29. The molecule has 0 saturated heterocycles. The van der Waals surface area contributed by atoms with Crippen molar-refractivity contribution in [2.75, 3.05) is 26.2 Å². The quantitative estimate of drug-likeness (QED) is 0.452. The number of hydrogen-bond acceptors (Lipinski definition) is 4. The Bertz CT molecular complexity index is 1020. The molecule has 0 spiro atoms. The van der Waals surface area contributed by atoms with E-state index in [1.165, 1.54) is 12.8 Å². The van der Waals surface area contributed by atoms with Crippen LogP contribution in [0.2, 0.25) is 0 Å². The molecule has 2 aromatic rings. The monoisotopic (exact) mass is 498 g/mol. The second-order valence-electron chi connectivity index (χ2n) is 12.1. The molecule has 1 aliphatic heterocycles. The number of hydrogen-bond donors (Lipinski definition) is 1. The molecule has 7 nitrogen and oxygen atoms in total.